The molecule has 2 aromatic rings. The van der Waals surface area contributed by atoms with Crippen molar-refractivity contribution >= 4 is 52.2 Å². The summed E-state index contributed by atoms with van der Waals surface area (Å²) < 4.78 is 1.08. The summed E-state index contributed by atoms with van der Waals surface area (Å²) in [5.74, 6) is 0.0809. The summed E-state index contributed by atoms with van der Waals surface area (Å²) in [6, 6.07) is 5.24. The molecule has 0 aliphatic rings. The number of rotatable bonds is 3. The summed E-state index contributed by atoms with van der Waals surface area (Å²) in [5.41, 5.74) is -0.0488. The van der Waals surface area contributed by atoms with Gasteiger partial charge in [0.1, 0.15) is 0 Å². The molecule has 1 aromatic heterocycles. The fraction of sp³-hybridized carbons (Fsp3) is 0.357. The lowest BCUT2D eigenvalue weighted by atomic mass is 9.79. The lowest BCUT2D eigenvalue weighted by Crippen LogP contribution is -2.29. The van der Waals surface area contributed by atoms with Gasteiger partial charge in [0, 0.05) is 16.2 Å². The molecule has 0 amide bonds. The van der Waals surface area contributed by atoms with Crippen molar-refractivity contribution in [3.63, 3.8) is 0 Å². The molecule has 3 nitrogen and oxygen atoms in total. The number of Topliss-reactive ketones (excluding diaryl/α,β-unsaturated/α-hetero) is 1. The first-order chi connectivity index (χ1) is 9.25. The molecule has 0 aliphatic carbocycles. The molecule has 1 aromatic carbocycles. The van der Waals surface area contributed by atoms with Gasteiger partial charge in [0.15, 0.2) is 5.78 Å². The fourth-order valence-electron chi connectivity index (χ4n) is 1.95. The zero-order chi connectivity index (χ0) is 15.1. The van der Waals surface area contributed by atoms with Gasteiger partial charge < -0.3 is 10.0 Å². The van der Waals surface area contributed by atoms with Gasteiger partial charge in [-0.3, -0.25) is 4.79 Å². The number of carbonyl (C=O) groups is 1. The Hall–Kier alpha value is -0.815. The highest BCUT2D eigenvalue weighted by atomic mass is 32.2. The quantitative estimate of drug-likeness (QED) is 0.520. The van der Waals surface area contributed by atoms with Crippen LogP contribution in [0.4, 0.5) is 0 Å². The molecule has 0 atom stereocenters. The Labute approximate surface area is 127 Å². The molecule has 0 unspecified atom stereocenters. The van der Waals surface area contributed by atoms with Gasteiger partial charge >= 0.3 is 7.12 Å². The molecule has 20 heavy (non-hydrogen) atoms. The van der Waals surface area contributed by atoms with Gasteiger partial charge in [-0.25, -0.2) is 0 Å². The summed E-state index contributed by atoms with van der Waals surface area (Å²) >= 11 is 3.08. The monoisotopic (exact) mass is 308 g/mol. The van der Waals surface area contributed by atoms with Crippen LogP contribution in [-0.2, 0) is 0 Å². The van der Waals surface area contributed by atoms with Gasteiger partial charge in [-0.05, 0) is 11.7 Å². The van der Waals surface area contributed by atoms with Crippen LogP contribution < -0.4 is 5.46 Å². The summed E-state index contributed by atoms with van der Waals surface area (Å²) in [5, 5.41) is 20.4. The summed E-state index contributed by atoms with van der Waals surface area (Å²) in [6.45, 7) is 5.68. The number of hydrogen-bond donors (Lipinski definition) is 2. The van der Waals surface area contributed by atoms with Crippen molar-refractivity contribution in [3.8, 4) is 0 Å². The molecule has 0 saturated carbocycles. The predicted octanol–water partition coefficient (Wildman–Crippen LogP) is 2.53. The molecule has 0 aliphatic heterocycles. The lowest BCUT2D eigenvalue weighted by Gasteiger charge is -2.15. The van der Waals surface area contributed by atoms with Crippen LogP contribution in [0.1, 0.15) is 30.4 Å². The molecule has 0 spiro atoms. The smallest absolute Gasteiger partial charge is 0.423 e. The van der Waals surface area contributed by atoms with Crippen molar-refractivity contribution in [1.29, 1.82) is 0 Å². The first-order valence-electron chi connectivity index (χ1n) is 6.27. The van der Waals surface area contributed by atoms with E-state index in [2.05, 4.69) is 0 Å². The fourth-order valence-corrected chi connectivity index (χ4v) is 4.08. The normalized spacial score (nSPS) is 11.9. The minimum absolute atomic E-state index is 0.0809. The van der Waals surface area contributed by atoms with Crippen molar-refractivity contribution in [3.05, 3.63) is 23.1 Å². The average Bonchev–Trinajstić information content (AvgIpc) is 2.74. The van der Waals surface area contributed by atoms with Crippen molar-refractivity contribution in [2.75, 3.05) is 6.26 Å². The molecule has 0 fully saturated rings. The van der Waals surface area contributed by atoms with Crippen LogP contribution in [0, 0.1) is 5.41 Å². The third-order valence-corrected chi connectivity index (χ3v) is 5.43. The molecule has 106 valence electrons. The Morgan fingerprint density at radius 2 is 1.90 bits per heavy atom. The van der Waals surface area contributed by atoms with Crippen LogP contribution in [0.3, 0.4) is 0 Å². The SMILES string of the molecule is CSc1sc(C(=O)C(C)(C)C)c2cc(B(O)O)ccc12. The average molecular weight is 308 g/mol. The van der Waals surface area contributed by atoms with Crippen molar-refractivity contribution in [2.45, 2.75) is 25.0 Å². The molecule has 0 saturated heterocycles. The van der Waals surface area contributed by atoms with E-state index in [1.54, 1.807) is 23.9 Å². The highest BCUT2D eigenvalue weighted by molar-refractivity contribution is 8.00. The molecule has 0 radical (unpaired) electrons. The minimum atomic E-state index is -1.52. The highest BCUT2D eigenvalue weighted by Crippen LogP contribution is 2.39. The number of carbonyl (C=O) groups excluding carboxylic acids is 1. The van der Waals surface area contributed by atoms with Crippen LogP contribution in [0.15, 0.2) is 22.4 Å². The Balaban J connectivity index is 2.70. The standard InChI is InChI=1S/C14H17BO3S2/c1-14(2,3)12(16)11-10-7-8(15(17)18)5-6-9(10)13(19-4)20-11/h5-7,17-18H,1-4H3. The molecule has 2 N–H and O–H groups in total. The van der Waals surface area contributed by atoms with Gasteiger partial charge in [0.25, 0.3) is 0 Å². The van der Waals surface area contributed by atoms with Gasteiger partial charge in [-0.2, -0.15) is 0 Å². The van der Waals surface area contributed by atoms with E-state index in [1.165, 1.54) is 11.3 Å². The molecule has 2 rings (SSSR count). The number of hydrogen-bond acceptors (Lipinski definition) is 5. The topological polar surface area (TPSA) is 57.5 Å². The second kappa shape index (κ2) is 5.52. The van der Waals surface area contributed by atoms with Crippen LogP contribution in [0.5, 0.6) is 0 Å². The van der Waals surface area contributed by atoms with Crippen molar-refractivity contribution < 1.29 is 14.8 Å². The van der Waals surface area contributed by atoms with Crippen LogP contribution in [-0.4, -0.2) is 29.2 Å². The molecule has 6 heteroatoms. The van der Waals surface area contributed by atoms with E-state index in [9.17, 15) is 14.8 Å². The maximum Gasteiger partial charge on any atom is 0.488 e. The van der Waals surface area contributed by atoms with E-state index in [4.69, 9.17) is 0 Å². The molecular weight excluding hydrogens is 291 g/mol. The van der Waals surface area contributed by atoms with E-state index in [-0.39, 0.29) is 5.78 Å². The Morgan fingerprint density at radius 1 is 1.25 bits per heavy atom. The summed E-state index contributed by atoms with van der Waals surface area (Å²) in [4.78, 5) is 13.3. The van der Waals surface area contributed by atoms with E-state index in [1.807, 2.05) is 33.1 Å². The third kappa shape index (κ3) is 2.79. The molecule has 0 bridgehead atoms. The second-order valence-electron chi connectivity index (χ2n) is 5.68. The van der Waals surface area contributed by atoms with E-state index >= 15 is 0 Å². The van der Waals surface area contributed by atoms with Crippen molar-refractivity contribution in [1.82, 2.24) is 0 Å². The van der Waals surface area contributed by atoms with Gasteiger partial charge in [-0.1, -0.05) is 39.0 Å². The highest BCUT2D eigenvalue weighted by Gasteiger charge is 2.28. The third-order valence-electron chi connectivity index (χ3n) is 3.07. The van der Waals surface area contributed by atoms with Gasteiger partial charge in [0.05, 0.1) is 9.09 Å². The zero-order valence-corrected chi connectivity index (χ0v) is 13.6. The predicted molar refractivity (Wildman–Crippen MR) is 87.2 cm³/mol. The van der Waals surface area contributed by atoms with Crippen LogP contribution in [0.2, 0.25) is 0 Å². The summed E-state index contributed by atoms with van der Waals surface area (Å²) in [6.07, 6.45) is 1.98. The first kappa shape index (κ1) is 15.6. The largest absolute Gasteiger partial charge is 0.488 e. The van der Waals surface area contributed by atoms with Gasteiger partial charge in [0.2, 0.25) is 0 Å². The van der Waals surface area contributed by atoms with Crippen molar-refractivity contribution in [2.24, 2.45) is 5.41 Å². The van der Waals surface area contributed by atoms with Crippen LogP contribution in [0.25, 0.3) is 10.8 Å². The number of benzene rings is 1. The minimum Gasteiger partial charge on any atom is -0.423 e. The Morgan fingerprint density at radius 3 is 2.40 bits per heavy atom. The number of ketones is 1. The molecular formula is C14H17BO3S2. The van der Waals surface area contributed by atoms with E-state index in [0.717, 1.165) is 15.0 Å². The maximum atomic E-state index is 12.6. The Bertz CT molecular complexity index is 656. The first-order valence-corrected chi connectivity index (χ1v) is 8.31. The second-order valence-corrected chi connectivity index (χ2v) is 7.78. The lowest BCUT2D eigenvalue weighted by molar-refractivity contribution is 0.0864. The zero-order valence-electron chi connectivity index (χ0n) is 11.9. The van der Waals surface area contributed by atoms with Gasteiger partial charge in [-0.15, -0.1) is 23.1 Å². The van der Waals surface area contributed by atoms with Crippen LogP contribution >= 0.6 is 23.1 Å². The number of thiophene rings is 1. The number of fused-ring (bicyclic) bond motifs is 1. The van der Waals surface area contributed by atoms with E-state index in [0.29, 0.717) is 10.3 Å². The number of thioether (sulfide) groups is 1. The maximum absolute atomic E-state index is 12.6. The van der Waals surface area contributed by atoms with E-state index < -0.39 is 12.5 Å². The Kier molecular flexibility index (Phi) is 4.30. The summed E-state index contributed by atoms with van der Waals surface area (Å²) in [7, 11) is -1.52. The molecule has 1 heterocycles.